The quantitative estimate of drug-likeness (QED) is 0.781. The Morgan fingerprint density at radius 2 is 2.42 bits per heavy atom. The molecule has 0 aliphatic rings. The fourth-order valence-electron chi connectivity index (χ4n) is 1.31. The highest BCUT2D eigenvalue weighted by molar-refractivity contribution is 7.09. The van der Waals surface area contributed by atoms with Gasteiger partial charge < -0.3 is 5.73 Å². The van der Waals surface area contributed by atoms with Crippen molar-refractivity contribution in [3.8, 4) is 0 Å². The minimum Gasteiger partial charge on any atom is -0.323 e. The van der Waals surface area contributed by atoms with Crippen LogP contribution in [-0.4, -0.2) is 4.98 Å². The lowest BCUT2D eigenvalue weighted by atomic mass is 9.97. The van der Waals surface area contributed by atoms with E-state index in [4.69, 9.17) is 5.73 Å². The second-order valence-corrected chi connectivity index (χ2v) is 4.11. The lowest BCUT2D eigenvalue weighted by Crippen LogP contribution is -2.17. The van der Waals surface area contributed by atoms with E-state index in [1.54, 1.807) is 11.3 Å². The summed E-state index contributed by atoms with van der Waals surface area (Å²) in [4.78, 5) is 5.23. The maximum atomic E-state index is 6.04. The Morgan fingerprint density at radius 1 is 1.67 bits per heavy atom. The van der Waals surface area contributed by atoms with Gasteiger partial charge in [0.15, 0.2) is 0 Å². The van der Waals surface area contributed by atoms with Crippen LogP contribution in [-0.2, 0) is 0 Å². The van der Waals surface area contributed by atoms with Gasteiger partial charge in [-0.25, -0.2) is 0 Å². The molecule has 0 aromatic carbocycles. The molecule has 0 bridgehead atoms. The van der Waals surface area contributed by atoms with Crippen molar-refractivity contribution in [3.63, 3.8) is 0 Å². The average Bonchev–Trinajstić information content (AvgIpc) is 2.55. The summed E-state index contributed by atoms with van der Waals surface area (Å²) in [6.45, 7) is 4.39. The van der Waals surface area contributed by atoms with Crippen molar-refractivity contribution in [2.24, 2.45) is 11.7 Å². The van der Waals surface area contributed by atoms with Crippen molar-refractivity contribution in [1.29, 1.82) is 0 Å². The predicted molar refractivity (Wildman–Crippen MR) is 53.1 cm³/mol. The second-order valence-electron chi connectivity index (χ2n) is 3.20. The number of hydrogen-bond donors (Lipinski definition) is 1. The van der Waals surface area contributed by atoms with E-state index in [0.29, 0.717) is 5.92 Å². The Balaban J connectivity index is 2.53. The number of nitrogens with zero attached hydrogens (tertiary/aromatic N) is 1. The van der Waals surface area contributed by atoms with Gasteiger partial charge in [-0.15, -0.1) is 11.3 Å². The number of rotatable bonds is 4. The van der Waals surface area contributed by atoms with Gasteiger partial charge in [0, 0.05) is 17.1 Å². The summed E-state index contributed by atoms with van der Waals surface area (Å²) in [6.07, 6.45) is 4.27. The Bertz CT molecular complexity index is 208. The normalized spacial score (nSPS) is 15.9. The molecular formula is C9H16N2S. The number of hydrogen-bond acceptors (Lipinski definition) is 3. The Kier molecular flexibility index (Phi) is 3.69. The molecule has 3 heteroatoms. The summed E-state index contributed by atoms with van der Waals surface area (Å²) >= 11 is 1.65. The number of aromatic nitrogens is 1. The lowest BCUT2D eigenvalue weighted by molar-refractivity contribution is 0.438. The Hall–Kier alpha value is -0.410. The summed E-state index contributed by atoms with van der Waals surface area (Å²) in [6, 6.07) is 0.178. The van der Waals surface area contributed by atoms with E-state index < -0.39 is 0 Å². The molecule has 2 unspecified atom stereocenters. The highest BCUT2D eigenvalue weighted by Crippen LogP contribution is 2.25. The fraction of sp³-hybridized carbons (Fsp3) is 0.667. The summed E-state index contributed by atoms with van der Waals surface area (Å²) in [7, 11) is 0. The Labute approximate surface area is 77.8 Å². The van der Waals surface area contributed by atoms with Crippen molar-refractivity contribution >= 4 is 11.3 Å². The van der Waals surface area contributed by atoms with Crippen molar-refractivity contribution in [2.45, 2.75) is 32.7 Å². The topological polar surface area (TPSA) is 38.9 Å². The monoisotopic (exact) mass is 184 g/mol. The molecule has 12 heavy (non-hydrogen) atoms. The smallest absolute Gasteiger partial charge is 0.0794 e. The molecule has 0 radical (unpaired) electrons. The molecule has 1 heterocycles. The van der Waals surface area contributed by atoms with Gasteiger partial charge in [0.2, 0.25) is 0 Å². The van der Waals surface area contributed by atoms with Crippen LogP contribution in [0.2, 0.25) is 0 Å². The molecule has 0 fully saturated rings. The van der Waals surface area contributed by atoms with Crippen LogP contribution in [0.25, 0.3) is 0 Å². The summed E-state index contributed by atoms with van der Waals surface area (Å²) in [5.41, 5.74) is 7.88. The van der Waals surface area contributed by atoms with Gasteiger partial charge in [-0.2, -0.15) is 0 Å². The van der Waals surface area contributed by atoms with Crippen LogP contribution in [0.4, 0.5) is 0 Å². The standard InChI is InChI=1S/C9H16N2S/c1-3-4-7(2)9(10)8-5-11-6-12-8/h5-7,9H,3-4,10H2,1-2H3. The average molecular weight is 184 g/mol. The third kappa shape index (κ3) is 2.29. The minimum absolute atomic E-state index is 0.178. The first-order valence-corrected chi connectivity index (χ1v) is 5.27. The third-order valence-corrected chi connectivity index (χ3v) is 3.01. The maximum Gasteiger partial charge on any atom is 0.0794 e. The molecule has 1 aromatic heterocycles. The molecule has 0 spiro atoms. The first-order valence-electron chi connectivity index (χ1n) is 4.39. The summed E-state index contributed by atoms with van der Waals surface area (Å²) in [5.74, 6) is 0.565. The van der Waals surface area contributed by atoms with Crippen molar-refractivity contribution in [2.75, 3.05) is 0 Å². The zero-order valence-electron chi connectivity index (χ0n) is 7.66. The molecule has 0 amide bonds. The molecular weight excluding hydrogens is 168 g/mol. The summed E-state index contributed by atoms with van der Waals surface area (Å²) in [5, 5.41) is 0. The van der Waals surface area contributed by atoms with Gasteiger partial charge in [0.25, 0.3) is 0 Å². The highest BCUT2D eigenvalue weighted by Gasteiger charge is 2.14. The fourth-order valence-corrected chi connectivity index (χ4v) is 2.06. The van der Waals surface area contributed by atoms with Gasteiger partial charge >= 0.3 is 0 Å². The summed E-state index contributed by atoms with van der Waals surface area (Å²) < 4.78 is 0. The maximum absolute atomic E-state index is 6.04. The van der Waals surface area contributed by atoms with E-state index >= 15 is 0 Å². The van der Waals surface area contributed by atoms with Crippen LogP contribution in [0.1, 0.15) is 37.6 Å². The zero-order chi connectivity index (χ0) is 8.97. The van der Waals surface area contributed by atoms with Crippen molar-refractivity contribution in [1.82, 2.24) is 4.98 Å². The van der Waals surface area contributed by atoms with E-state index in [1.807, 2.05) is 11.7 Å². The SMILES string of the molecule is CCCC(C)C(N)c1cncs1. The molecule has 0 aliphatic carbocycles. The van der Waals surface area contributed by atoms with E-state index in [1.165, 1.54) is 17.7 Å². The lowest BCUT2D eigenvalue weighted by Gasteiger charge is -2.16. The molecule has 0 aliphatic heterocycles. The molecule has 2 N–H and O–H groups in total. The van der Waals surface area contributed by atoms with Crippen molar-refractivity contribution in [3.05, 3.63) is 16.6 Å². The first kappa shape index (κ1) is 9.68. The molecule has 2 nitrogen and oxygen atoms in total. The molecule has 0 saturated carbocycles. The van der Waals surface area contributed by atoms with Crippen LogP contribution in [0.15, 0.2) is 11.7 Å². The first-order chi connectivity index (χ1) is 5.75. The van der Waals surface area contributed by atoms with Gasteiger partial charge in [-0.1, -0.05) is 20.3 Å². The van der Waals surface area contributed by atoms with Gasteiger partial charge in [0.1, 0.15) is 0 Å². The minimum atomic E-state index is 0.178. The largest absolute Gasteiger partial charge is 0.323 e. The molecule has 0 saturated heterocycles. The van der Waals surface area contributed by atoms with Crippen LogP contribution in [0.5, 0.6) is 0 Å². The van der Waals surface area contributed by atoms with E-state index in [0.717, 1.165) is 0 Å². The predicted octanol–water partition coefficient (Wildman–Crippen LogP) is 2.58. The number of thiazole rings is 1. The zero-order valence-corrected chi connectivity index (χ0v) is 8.47. The molecule has 68 valence electrons. The van der Waals surface area contributed by atoms with Crippen LogP contribution in [0.3, 0.4) is 0 Å². The number of nitrogens with two attached hydrogens (primary N) is 1. The van der Waals surface area contributed by atoms with Crippen LogP contribution >= 0.6 is 11.3 Å². The van der Waals surface area contributed by atoms with Gasteiger partial charge in [-0.05, 0) is 12.3 Å². The van der Waals surface area contributed by atoms with Crippen LogP contribution in [0, 0.1) is 5.92 Å². The third-order valence-electron chi connectivity index (χ3n) is 2.14. The second kappa shape index (κ2) is 4.58. The molecule has 1 aromatic rings. The van der Waals surface area contributed by atoms with Crippen LogP contribution < -0.4 is 5.73 Å². The van der Waals surface area contributed by atoms with Gasteiger partial charge in [0.05, 0.1) is 5.51 Å². The highest BCUT2D eigenvalue weighted by atomic mass is 32.1. The van der Waals surface area contributed by atoms with Gasteiger partial charge in [-0.3, -0.25) is 4.98 Å². The van der Waals surface area contributed by atoms with E-state index in [9.17, 15) is 0 Å². The van der Waals surface area contributed by atoms with Crippen molar-refractivity contribution < 1.29 is 0 Å². The van der Waals surface area contributed by atoms with E-state index in [2.05, 4.69) is 18.8 Å². The molecule has 1 rings (SSSR count). The van der Waals surface area contributed by atoms with E-state index in [-0.39, 0.29) is 6.04 Å². The Morgan fingerprint density at radius 3 is 2.92 bits per heavy atom. The molecule has 2 atom stereocenters.